The van der Waals surface area contributed by atoms with Crippen molar-refractivity contribution >= 4 is 27.7 Å². The Morgan fingerprint density at radius 3 is 1.86 bits per heavy atom. The second-order valence-electron chi connectivity index (χ2n) is 9.29. The van der Waals surface area contributed by atoms with Crippen LogP contribution < -0.4 is 0 Å². The van der Waals surface area contributed by atoms with Gasteiger partial charge >= 0.3 is 0 Å². The van der Waals surface area contributed by atoms with Gasteiger partial charge in [-0.15, -0.1) is 0 Å². The Morgan fingerprint density at radius 2 is 1.52 bits per heavy atom. The monoisotopic (exact) mass is 460 g/mol. The lowest BCUT2D eigenvalue weighted by molar-refractivity contribution is 0.0857. The van der Waals surface area contributed by atoms with Crippen LogP contribution in [0.3, 0.4) is 0 Å². The average Bonchev–Trinajstić information content (AvgIpc) is 3.22. The number of aromatic nitrogens is 4. The SMILES string of the molecule is C[Si](C)(C)CCOCCl.Cc1ncc[nH]1.Cc1nccn1COCC[Si](C)(C)C. The lowest BCUT2D eigenvalue weighted by atomic mass is 10.7. The number of hydrogen-bond donors (Lipinski definition) is 1. The summed E-state index contributed by atoms with van der Waals surface area (Å²) in [7, 11) is -1.82. The van der Waals surface area contributed by atoms with Crippen LogP contribution >= 0.6 is 11.6 Å². The van der Waals surface area contributed by atoms with E-state index in [9.17, 15) is 0 Å². The zero-order valence-corrected chi connectivity index (χ0v) is 22.3. The highest BCUT2D eigenvalue weighted by atomic mass is 35.5. The summed E-state index contributed by atoms with van der Waals surface area (Å²) in [6.45, 7) is 20.3. The Labute approximate surface area is 184 Å². The molecule has 1 N–H and O–H groups in total. The number of rotatable bonds is 9. The van der Waals surface area contributed by atoms with Crippen LogP contribution in [-0.4, -0.2) is 54.9 Å². The summed E-state index contributed by atoms with van der Waals surface area (Å²) in [6.07, 6.45) is 7.28. The molecule has 2 rings (SSSR count). The fraction of sp³-hybridized carbons (Fsp3) is 0.700. The topological polar surface area (TPSA) is 65.0 Å². The fourth-order valence-electron chi connectivity index (χ4n) is 1.86. The highest BCUT2D eigenvalue weighted by Crippen LogP contribution is 2.08. The molecule has 0 spiro atoms. The van der Waals surface area contributed by atoms with Crippen molar-refractivity contribution in [2.75, 3.05) is 19.3 Å². The summed E-state index contributed by atoms with van der Waals surface area (Å²) in [4.78, 5) is 10.9. The maximum Gasteiger partial charge on any atom is 0.123 e. The molecule has 0 aliphatic rings. The lowest BCUT2D eigenvalue weighted by Crippen LogP contribution is -2.22. The molecule has 0 atom stereocenters. The summed E-state index contributed by atoms with van der Waals surface area (Å²) in [5, 5.41) is 0. The molecule has 0 amide bonds. The number of aryl methyl sites for hydroxylation is 2. The van der Waals surface area contributed by atoms with Crippen molar-refractivity contribution in [2.45, 2.75) is 71.9 Å². The van der Waals surface area contributed by atoms with Crippen LogP contribution in [0.15, 0.2) is 24.8 Å². The number of alkyl halides is 1. The largest absolute Gasteiger partial charge is 0.366 e. The predicted octanol–water partition coefficient (Wildman–Crippen LogP) is 5.76. The van der Waals surface area contributed by atoms with Gasteiger partial charge in [0.05, 0.1) is 0 Å². The van der Waals surface area contributed by atoms with Gasteiger partial charge in [0.25, 0.3) is 0 Å². The van der Waals surface area contributed by atoms with Crippen molar-refractivity contribution < 1.29 is 9.47 Å². The molecule has 0 saturated carbocycles. The normalized spacial score (nSPS) is 11.3. The molecular weight excluding hydrogens is 420 g/mol. The van der Waals surface area contributed by atoms with E-state index >= 15 is 0 Å². The van der Waals surface area contributed by atoms with E-state index in [1.807, 2.05) is 24.6 Å². The molecule has 0 aliphatic carbocycles. The summed E-state index contributed by atoms with van der Waals surface area (Å²) >= 11 is 5.32. The first-order valence-corrected chi connectivity index (χ1v) is 18.0. The Kier molecular flexibility index (Phi) is 14.5. The average molecular weight is 461 g/mol. The fourth-order valence-corrected chi connectivity index (χ4v) is 3.48. The van der Waals surface area contributed by atoms with Crippen molar-refractivity contribution in [3.63, 3.8) is 0 Å². The number of halogens is 1. The van der Waals surface area contributed by atoms with E-state index in [0.29, 0.717) is 12.8 Å². The van der Waals surface area contributed by atoms with Gasteiger partial charge in [-0.2, -0.15) is 0 Å². The third kappa shape index (κ3) is 18.8. The molecule has 168 valence electrons. The molecule has 29 heavy (non-hydrogen) atoms. The molecule has 9 heteroatoms. The second kappa shape index (κ2) is 15.0. The van der Waals surface area contributed by atoms with Crippen LogP contribution in [0.25, 0.3) is 0 Å². The van der Waals surface area contributed by atoms with Crippen molar-refractivity contribution in [3.8, 4) is 0 Å². The van der Waals surface area contributed by atoms with Gasteiger partial charge in [0.15, 0.2) is 0 Å². The molecule has 2 heterocycles. The van der Waals surface area contributed by atoms with Crippen LogP contribution in [0, 0.1) is 13.8 Å². The van der Waals surface area contributed by atoms with Crippen LogP contribution in [-0.2, 0) is 16.2 Å². The standard InChI is InChI=1S/C10H20N2OSi.C6H15ClOSi.C4H6N2/c1-10-11-5-6-12(10)9-13-7-8-14(2,3)4;1-9(2,3)5-4-8-6-7;1-4-5-2-3-6-4/h5-6H,7-9H2,1-4H3;4-6H2,1-3H3;2-3H,1H3,(H,5,6). The van der Waals surface area contributed by atoms with Gasteiger partial charge in [-0.1, -0.05) is 50.9 Å². The summed E-state index contributed by atoms with van der Waals surface area (Å²) in [5.74, 6) is 1.98. The van der Waals surface area contributed by atoms with Crippen molar-refractivity contribution in [1.29, 1.82) is 0 Å². The minimum Gasteiger partial charge on any atom is -0.366 e. The number of H-pyrrole nitrogens is 1. The molecule has 0 radical (unpaired) electrons. The quantitative estimate of drug-likeness (QED) is 0.293. The van der Waals surface area contributed by atoms with Crippen molar-refractivity contribution in [1.82, 2.24) is 19.5 Å². The van der Waals surface area contributed by atoms with Gasteiger partial charge in [0, 0.05) is 54.1 Å². The van der Waals surface area contributed by atoms with E-state index in [-0.39, 0.29) is 0 Å². The Bertz CT molecular complexity index is 623. The van der Waals surface area contributed by atoms with E-state index in [0.717, 1.165) is 24.9 Å². The molecule has 0 aliphatic heterocycles. The van der Waals surface area contributed by atoms with Crippen molar-refractivity contribution in [3.05, 3.63) is 36.4 Å². The van der Waals surface area contributed by atoms with Crippen LogP contribution in [0.2, 0.25) is 51.4 Å². The molecule has 2 aromatic heterocycles. The Morgan fingerprint density at radius 1 is 0.931 bits per heavy atom. The second-order valence-corrected chi connectivity index (χ2v) is 20.8. The molecule has 0 aromatic carbocycles. The molecular formula is C20H41ClN4O2Si2. The number of imidazole rings is 2. The molecule has 6 nitrogen and oxygen atoms in total. The summed E-state index contributed by atoms with van der Waals surface area (Å²) in [5.41, 5.74) is 0. The van der Waals surface area contributed by atoms with Crippen LogP contribution in [0.5, 0.6) is 0 Å². The zero-order valence-electron chi connectivity index (χ0n) is 19.6. The van der Waals surface area contributed by atoms with Gasteiger partial charge in [-0.05, 0) is 25.9 Å². The number of hydrogen-bond acceptors (Lipinski definition) is 4. The molecule has 0 saturated heterocycles. The highest BCUT2D eigenvalue weighted by molar-refractivity contribution is 6.76. The van der Waals surface area contributed by atoms with E-state index in [2.05, 4.69) is 54.2 Å². The third-order valence-electron chi connectivity index (χ3n) is 3.86. The highest BCUT2D eigenvalue weighted by Gasteiger charge is 2.12. The maximum absolute atomic E-state index is 5.59. The van der Waals surface area contributed by atoms with Crippen molar-refractivity contribution in [2.24, 2.45) is 0 Å². The van der Waals surface area contributed by atoms with Gasteiger partial charge in [-0.3, -0.25) is 0 Å². The van der Waals surface area contributed by atoms with E-state index in [4.69, 9.17) is 21.1 Å². The van der Waals surface area contributed by atoms with Gasteiger partial charge in [0.2, 0.25) is 0 Å². The first-order chi connectivity index (χ1) is 13.4. The Hall–Kier alpha value is -0.936. The molecule has 0 unspecified atom stereocenters. The number of ether oxygens (including phenoxy) is 2. The van der Waals surface area contributed by atoms with E-state index < -0.39 is 16.1 Å². The third-order valence-corrected chi connectivity index (χ3v) is 7.42. The molecule has 0 bridgehead atoms. The minimum absolute atomic E-state index is 0.338. The number of nitrogens with zero attached hydrogens (tertiary/aromatic N) is 3. The zero-order chi connectivity index (χ0) is 22.3. The number of nitrogens with one attached hydrogen (secondary N) is 1. The van der Waals surface area contributed by atoms with Gasteiger partial charge < -0.3 is 19.0 Å². The number of aromatic amines is 1. The van der Waals surface area contributed by atoms with Crippen LogP contribution in [0.1, 0.15) is 11.6 Å². The van der Waals surface area contributed by atoms with E-state index in [1.54, 1.807) is 18.6 Å². The van der Waals surface area contributed by atoms with E-state index in [1.165, 1.54) is 12.1 Å². The first kappa shape index (κ1) is 28.1. The first-order valence-electron chi connectivity index (χ1n) is 10.1. The summed E-state index contributed by atoms with van der Waals surface area (Å²) < 4.78 is 12.6. The minimum atomic E-state index is -0.943. The smallest absolute Gasteiger partial charge is 0.123 e. The lowest BCUT2D eigenvalue weighted by Gasteiger charge is -2.15. The Balaban J connectivity index is 0.000000446. The van der Waals surface area contributed by atoms with Crippen LogP contribution in [0.4, 0.5) is 0 Å². The maximum atomic E-state index is 5.59. The predicted molar refractivity (Wildman–Crippen MR) is 129 cm³/mol. The molecule has 2 aromatic rings. The molecule has 0 fully saturated rings. The van der Waals surface area contributed by atoms with Gasteiger partial charge in [0.1, 0.15) is 24.4 Å². The summed E-state index contributed by atoms with van der Waals surface area (Å²) in [6, 6.07) is 2.77. The van der Waals surface area contributed by atoms with Gasteiger partial charge in [-0.25, -0.2) is 9.97 Å².